The fourth-order valence-corrected chi connectivity index (χ4v) is 2.33. The first-order valence-electron chi connectivity index (χ1n) is 6.17. The Hall–Kier alpha value is -1.58. The zero-order valence-electron chi connectivity index (χ0n) is 11.0. The highest BCUT2D eigenvalue weighted by Crippen LogP contribution is 2.21. The summed E-state index contributed by atoms with van der Waals surface area (Å²) in [6, 6.07) is 8.89. The fourth-order valence-electron chi connectivity index (χ4n) is 1.82. The highest BCUT2D eigenvalue weighted by atomic mass is 35.5. The topological polar surface area (TPSA) is 33.2 Å². The Bertz CT molecular complexity index is 602. The molecule has 104 valence electrons. The number of halogens is 2. The summed E-state index contributed by atoms with van der Waals surface area (Å²) in [5.74, 6) is -0.0526. The van der Waals surface area contributed by atoms with E-state index in [2.05, 4.69) is 4.98 Å². The molecule has 0 unspecified atom stereocenters. The van der Waals surface area contributed by atoms with Crippen molar-refractivity contribution in [2.24, 2.45) is 0 Å². The second-order valence-corrected chi connectivity index (χ2v) is 5.30. The van der Waals surface area contributed by atoms with Crippen molar-refractivity contribution in [2.45, 2.75) is 6.42 Å². The predicted molar refractivity (Wildman–Crippen MR) is 81.4 cm³/mol. The minimum atomic E-state index is -0.0526. The van der Waals surface area contributed by atoms with Gasteiger partial charge in [0.15, 0.2) is 0 Å². The Balaban J connectivity index is 1.98. The average molecular weight is 309 g/mol. The number of carbonyl (C=O) groups is 1. The molecule has 0 radical (unpaired) electrons. The molecule has 1 aromatic heterocycles. The van der Waals surface area contributed by atoms with Crippen LogP contribution in [-0.2, 0) is 6.42 Å². The maximum absolute atomic E-state index is 12.1. The Morgan fingerprint density at radius 2 is 2.10 bits per heavy atom. The number of aromatic nitrogens is 1. The third-order valence-electron chi connectivity index (χ3n) is 2.99. The molecule has 0 bridgehead atoms. The summed E-state index contributed by atoms with van der Waals surface area (Å²) >= 11 is 12.0. The number of amides is 1. The normalized spacial score (nSPS) is 10.3. The lowest BCUT2D eigenvalue weighted by atomic mass is 10.1. The second-order valence-electron chi connectivity index (χ2n) is 4.45. The van der Waals surface area contributed by atoms with Gasteiger partial charge in [0, 0.05) is 36.0 Å². The highest BCUT2D eigenvalue weighted by molar-refractivity contribution is 6.35. The zero-order chi connectivity index (χ0) is 14.5. The molecule has 0 fully saturated rings. The van der Waals surface area contributed by atoms with Crippen LogP contribution in [0, 0.1) is 0 Å². The Kier molecular flexibility index (Phi) is 4.99. The number of nitrogens with zero attached hydrogens (tertiary/aromatic N) is 2. The molecule has 1 amide bonds. The molecule has 20 heavy (non-hydrogen) atoms. The Labute approximate surface area is 128 Å². The molecule has 2 rings (SSSR count). The lowest BCUT2D eigenvalue weighted by Crippen LogP contribution is -2.28. The van der Waals surface area contributed by atoms with Gasteiger partial charge in [0.2, 0.25) is 0 Å². The van der Waals surface area contributed by atoms with Gasteiger partial charge in [-0.05, 0) is 36.2 Å². The van der Waals surface area contributed by atoms with Crippen LogP contribution in [0.4, 0.5) is 0 Å². The van der Waals surface area contributed by atoms with E-state index >= 15 is 0 Å². The number of likely N-dealkylation sites (N-methyl/N-ethyl adjacent to an activating group) is 1. The zero-order valence-corrected chi connectivity index (χ0v) is 12.5. The standard InChI is InChI=1S/C15H14Cl2N2O/c1-19(15(20)12-3-2-7-18-10-12)8-6-11-4-5-13(16)9-14(11)17/h2-5,7,9-10H,6,8H2,1H3. The van der Waals surface area contributed by atoms with Gasteiger partial charge in [-0.15, -0.1) is 0 Å². The molecule has 0 saturated carbocycles. The maximum Gasteiger partial charge on any atom is 0.255 e. The first-order chi connectivity index (χ1) is 9.58. The van der Waals surface area contributed by atoms with Crippen LogP contribution >= 0.6 is 23.2 Å². The monoisotopic (exact) mass is 308 g/mol. The van der Waals surface area contributed by atoms with E-state index in [0.29, 0.717) is 28.6 Å². The summed E-state index contributed by atoms with van der Waals surface area (Å²) in [6.45, 7) is 0.578. The van der Waals surface area contributed by atoms with Gasteiger partial charge >= 0.3 is 0 Å². The van der Waals surface area contributed by atoms with Gasteiger partial charge in [0.1, 0.15) is 0 Å². The summed E-state index contributed by atoms with van der Waals surface area (Å²) in [5, 5.41) is 1.23. The summed E-state index contributed by atoms with van der Waals surface area (Å²) in [7, 11) is 1.76. The Morgan fingerprint density at radius 3 is 2.75 bits per heavy atom. The summed E-state index contributed by atoms with van der Waals surface area (Å²) in [4.78, 5) is 17.7. The third kappa shape index (κ3) is 3.71. The molecule has 5 heteroatoms. The smallest absolute Gasteiger partial charge is 0.255 e. The SMILES string of the molecule is CN(CCc1ccc(Cl)cc1Cl)C(=O)c1cccnc1. The molecule has 3 nitrogen and oxygen atoms in total. The van der Waals surface area contributed by atoms with Crippen LogP contribution < -0.4 is 0 Å². The van der Waals surface area contributed by atoms with Crippen molar-refractivity contribution < 1.29 is 4.79 Å². The summed E-state index contributed by atoms with van der Waals surface area (Å²) in [6.07, 6.45) is 3.89. The number of hydrogen-bond donors (Lipinski definition) is 0. The van der Waals surface area contributed by atoms with E-state index in [-0.39, 0.29) is 5.91 Å². The minimum absolute atomic E-state index is 0.0526. The molecule has 0 spiro atoms. The molecule has 0 aliphatic heterocycles. The number of carbonyl (C=O) groups excluding carboxylic acids is 1. The van der Waals surface area contributed by atoms with Crippen molar-refractivity contribution in [1.29, 1.82) is 0 Å². The molecule has 0 atom stereocenters. The van der Waals surface area contributed by atoms with Crippen LogP contribution in [0.25, 0.3) is 0 Å². The van der Waals surface area contributed by atoms with Gasteiger partial charge in [-0.1, -0.05) is 29.3 Å². The molecule has 1 heterocycles. The van der Waals surface area contributed by atoms with E-state index in [1.54, 1.807) is 48.6 Å². The van der Waals surface area contributed by atoms with Crippen LogP contribution in [0.5, 0.6) is 0 Å². The minimum Gasteiger partial charge on any atom is -0.341 e. The third-order valence-corrected chi connectivity index (χ3v) is 3.57. The Morgan fingerprint density at radius 1 is 1.30 bits per heavy atom. The number of rotatable bonds is 4. The van der Waals surface area contributed by atoms with Gasteiger partial charge in [-0.2, -0.15) is 0 Å². The first-order valence-corrected chi connectivity index (χ1v) is 6.93. The predicted octanol–water partition coefficient (Wildman–Crippen LogP) is 3.70. The van der Waals surface area contributed by atoms with E-state index in [4.69, 9.17) is 23.2 Å². The number of hydrogen-bond acceptors (Lipinski definition) is 2. The molecule has 0 aliphatic carbocycles. The van der Waals surface area contributed by atoms with Crippen molar-refractivity contribution in [2.75, 3.05) is 13.6 Å². The lowest BCUT2D eigenvalue weighted by molar-refractivity contribution is 0.0796. The average Bonchev–Trinajstić information content (AvgIpc) is 2.46. The van der Waals surface area contributed by atoms with Crippen molar-refractivity contribution in [3.63, 3.8) is 0 Å². The summed E-state index contributed by atoms with van der Waals surface area (Å²) < 4.78 is 0. The highest BCUT2D eigenvalue weighted by Gasteiger charge is 2.12. The largest absolute Gasteiger partial charge is 0.341 e. The first kappa shape index (κ1) is 14.8. The molecular formula is C15H14Cl2N2O. The van der Waals surface area contributed by atoms with Crippen molar-refractivity contribution in [3.8, 4) is 0 Å². The van der Waals surface area contributed by atoms with E-state index in [1.165, 1.54) is 0 Å². The lowest BCUT2D eigenvalue weighted by Gasteiger charge is -2.17. The van der Waals surface area contributed by atoms with Gasteiger partial charge < -0.3 is 4.90 Å². The quantitative estimate of drug-likeness (QED) is 0.863. The van der Waals surface area contributed by atoms with Gasteiger partial charge in [-0.25, -0.2) is 0 Å². The van der Waals surface area contributed by atoms with Crippen LogP contribution in [0.2, 0.25) is 10.0 Å². The molecule has 2 aromatic rings. The fraction of sp³-hybridized carbons (Fsp3) is 0.200. The van der Waals surface area contributed by atoms with Gasteiger partial charge in [0.25, 0.3) is 5.91 Å². The van der Waals surface area contributed by atoms with Crippen LogP contribution in [0.1, 0.15) is 15.9 Å². The van der Waals surface area contributed by atoms with Crippen LogP contribution in [0.3, 0.4) is 0 Å². The van der Waals surface area contributed by atoms with Crippen molar-refractivity contribution in [1.82, 2.24) is 9.88 Å². The maximum atomic E-state index is 12.1. The van der Waals surface area contributed by atoms with Crippen LogP contribution in [0.15, 0.2) is 42.7 Å². The summed E-state index contributed by atoms with van der Waals surface area (Å²) in [5.41, 5.74) is 1.55. The number of pyridine rings is 1. The van der Waals surface area contributed by atoms with Crippen LogP contribution in [-0.4, -0.2) is 29.4 Å². The second kappa shape index (κ2) is 6.73. The van der Waals surface area contributed by atoms with Gasteiger partial charge in [0.05, 0.1) is 5.56 Å². The van der Waals surface area contributed by atoms with E-state index in [1.807, 2.05) is 6.07 Å². The van der Waals surface area contributed by atoms with Crippen molar-refractivity contribution >= 4 is 29.1 Å². The number of benzene rings is 1. The van der Waals surface area contributed by atoms with E-state index in [0.717, 1.165) is 5.56 Å². The van der Waals surface area contributed by atoms with Gasteiger partial charge in [-0.3, -0.25) is 9.78 Å². The molecule has 0 aliphatic rings. The molecule has 0 saturated heterocycles. The molecule has 1 aromatic carbocycles. The van der Waals surface area contributed by atoms with E-state index in [9.17, 15) is 4.79 Å². The van der Waals surface area contributed by atoms with E-state index < -0.39 is 0 Å². The van der Waals surface area contributed by atoms with Crippen molar-refractivity contribution in [3.05, 3.63) is 63.9 Å². The molecular weight excluding hydrogens is 295 g/mol. The molecule has 0 N–H and O–H groups in total.